The fourth-order valence-corrected chi connectivity index (χ4v) is 3.40. The minimum Gasteiger partial charge on any atom is -0.478 e. The minimum atomic E-state index is -2.34. The number of carboxylic acids is 1. The zero-order valence-corrected chi connectivity index (χ0v) is 19.2. The molecule has 0 aliphatic carbocycles. The summed E-state index contributed by atoms with van der Waals surface area (Å²) in [5.41, 5.74) is 4.30. The largest absolute Gasteiger partial charge is 0.478 e. The van der Waals surface area contributed by atoms with Crippen LogP contribution < -0.4 is 16.4 Å². The monoisotopic (exact) mass is 483 g/mol. The normalized spacial score (nSPS) is 16.4. The van der Waals surface area contributed by atoms with Crippen LogP contribution in [0.1, 0.15) is 37.7 Å². The summed E-state index contributed by atoms with van der Waals surface area (Å²) in [5.74, 6) is -1.38. The van der Waals surface area contributed by atoms with Crippen molar-refractivity contribution in [3.63, 3.8) is 0 Å². The van der Waals surface area contributed by atoms with E-state index in [0.717, 1.165) is 25.2 Å². The summed E-state index contributed by atoms with van der Waals surface area (Å²) in [5, 5.41) is 18.6. The van der Waals surface area contributed by atoms with Crippen LogP contribution in [0.3, 0.4) is 0 Å². The average molecular weight is 484 g/mol. The molecular formula is C24H29N5O6. The topological polar surface area (TPSA) is 165 Å². The summed E-state index contributed by atoms with van der Waals surface area (Å²) >= 11 is 0. The van der Waals surface area contributed by atoms with Gasteiger partial charge in [-0.05, 0) is 37.0 Å². The van der Waals surface area contributed by atoms with E-state index in [4.69, 9.17) is 15.3 Å². The van der Waals surface area contributed by atoms with Gasteiger partial charge in [0.25, 0.3) is 0 Å². The molecule has 11 heteroatoms. The molecule has 2 aromatic rings. The molecule has 0 spiro atoms. The third kappa shape index (κ3) is 8.07. The first kappa shape index (κ1) is 25.6. The number of benzene rings is 1. The number of hydrogen-bond donors (Lipinski definition) is 4. The molecule has 3 rings (SSSR count). The van der Waals surface area contributed by atoms with Crippen LogP contribution in [0.15, 0.2) is 59.9 Å². The highest BCUT2D eigenvalue weighted by molar-refractivity contribution is 6.40. The molecule has 2 heterocycles. The van der Waals surface area contributed by atoms with Crippen molar-refractivity contribution in [3.8, 4) is 0 Å². The Kier molecular flexibility index (Phi) is 9.13. The van der Waals surface area contributed by atoms with Crippen LogP contribution >= 0.6 is 0 Å². The number of aromatic nitrogens is 1. The van der Waals surface area contributed by atoms with Gasteiger partial charge in [-0.3, -0.25) is 15.8 Å². The van der Waals surface area contributed by atoms with Gasteiger partial charge in [-0.2, -0.15) is 0 Å². The number of unbranched alkanes of at least 4 members (excludes halogenated alkanes) is 1. The summed E-state index contributed by atoms with van der Waals surface area (Å²) in [4.78, 5) is 46.0. The van der Waals surface area contributed by atoms with E-state index in [1.54, 1.807) is 30.5 Å². The van der Waals surface area contributed by atoms with Gasteiger partial charge in [-0.1, -0.05) is 41.6 Å². The number of carbonyl (C=O) groups excluding carboxylic acids is 2. The third-order valence-electron chi connectivity index (χ3n) is 5.34. The van der Waals surface area contributed by atoms with Crippen LogP contribution in [-0.4, -0.2) is 52.0 Å². The molecule has 0 radical (unpaired) electrons. The van der Waals surface area contributed by atoms with Gasteiger partial charge in [-0.15, -0.1) is 0 Å². The maximum absolute atomic E-state index is 12.6. The summed E-state index contributed by atoms with van der Waals surface area (Å²) in [6, 6.07) is 14.5. The van der Waals surface area contributed by atoms with Crippen molar-refractivity contribution in [1.29, 1.82) is 0 Å². The minimum absolute atomic E-state index is 0.0735. The number of carboxylic acid groups (broad SMARTS) is 1. The molecule has 1 unspecified atom stereocenters. The maximum Gasteiger partial charge on any atom is 0.409 e. The number of hydrogen-bond acceptors (Lipinski definition) is 9. The zero-order valence-electron chi connectivity index (χ0n) is 19.2. The van der Waals surface area contributed by atoms with E-state index in [1.807, 2.05) is 24.3 Å². The second-order valence-electron chi connectivity index (χ2n) is 8.17. The molecule has 35 heavy (non-hydrogen) atoms. The first-order valence-electron chi connectivity index (χ1n) is 11.3. The van der Waals surface area contributed by atoms with Gasteiger partial charge in [0.1, 0.15) is 24.2 Å². The molecule has 5 N–H and O–H groups in total. The predicted molar refractivity (Wildman–Crippen MR) is 127 cm³/mol. The lowest BCUT2D eigenvalue weighted by atomic mass is 9.97. The quantitative estimate of drug-likeness (QED) is 0.247. The molecule has 2 atom stereocenters. The molecule has 0 bridgehead atoms. The van der Waals surface area contributed by atoms with E-state index in [9.17, 15) is 19.5 Å². The molecule has 1 aromatic heterocycles. The van der Waals surface area contributed by atoms with Crippen molar-refractivity contribution in [2.75, 3.05) is 11.9 Å². The molecule has 1 aliphatic rings. The highest BCUT2D eigenvalue weighted by Gasteiger charge is 2.41. The van der Waals surface area contributed by atoms with Gasteiger partial charge in [0.15, 0.2) is 11.4 Å². The number of aliphatic carboxylic acids is 1. The fourth-order valence-electron chi connectivity index (χ4n) is 3.40. The molecule has 0 fully saturated rings. The molecule has 0 saturated heterocycles. The van der Waals surface area contributed by atoms with E-state index < -0.39 is 29.9 Å². The maximum atomic E-state index is 12.6. The number of oxime groups is 1. The molecular weight excluding hydrogens is 454 g/mol. The van der Waals surface area contributed by atoms with E-state index in [1.165, 1.54) is 0 Å². The van der Waals surface area contributed by atoms with Crippen LogP contribution in [0.4, 0.5) is 10.6 Å². The van der Waals surface area contributed by atoms with Crippen molar-refractivity contribution < 1.29 is 29.1 Å². The van der Waals surface area contributed by atoms with E-state index in [2.05, 4.69) is 20.8 Å². The van der Waals surface area contributed by atoms with Crippen molar-refractivity contribution in [2.24, 2.45) is 10.9 Å². The lowest BCUT2D eigenvalue weighted by molar-refractivity contribution is -0.146. The van der Waals surface area contributed by atoms with Gasteiger partial charge in [-0.25, -0.2) is 14.6 Å². The number of alkyl carbamates (subject to hydrolysis) is 1. The number of Topliss-reactive ketones (excluding diaryl/α,β-unsaturated/α-hetero) is 1. The van der Waals surface area contributed by atoms with E-state index in [0.29, 0.717) is 12.0 Å². The van der Waals surface area contributed by atoms with Gasteiger partial charge >= 0.3 is 12.1 Å². The Morgan fingerprint density at radius 2 is 1.91 bits per heavy atom. The van der Waals surface area contributed by atoms with Crippen LogP contribution in [0.2, 0.25) is 0 Å². The van der Waals surface area contributed by atoms with Crippen LogP contribution in [0, 0.1) is 0 Å². The average Bonchev–Trinajstić information content (AvgIpc) is 3.33. The lowest BCUT2D eigenvalue weighted by Crippen LogP contribution is -2.63. The molecule has 1 aliphatic heterocycles. The number of pyridine rings is 1. The smallest absolute Gasteiger partial charge is 0.409 e. The Morgan fingerprint density at radius 3 is 2.63 bits per heavy atom. The molecule has 186 valence electrons. The number of carbonyl (C=O) groups is 3. The number of ketones is 1. The van der Waals surface area contributed by atoms with Gasteiger partial charge in [0.2, 0.25) is 0 Å². The number of ether oxygens (including phenoxy) is 1. The summed E-state index contributed by atoms with van der Waals surface area (Å²) in [7, 11) is 0. The summed E-state index contributed by atoms with van der Waals surface area (Å²) in [6.45, 7) is 0.673. The van der Waals surface area contributed by atoms with Gasteiger partial charge < -0.3 is 20.0 Å². The van der Waals surface area contributed by atoms with Crippen LogP contribution in [0.25, 0.3) is 0 Å². The summed E-state index contributed by atoms with van der Waals surface area (Å²) < 4.78 is 5.02. The van der Waals surface area contributed by atoms with Gasteiger partial charge in [0, 0.05) is 19.2 Å². The second kappa shape index (κ2) is 12.5. The van der Waals surface area contributed by atoms with Gasteiger partial charge in [0.05, 0.1) is 6.42 Å². The standard InChI is InChI=1S/C24H29N5O6/c25-24(22(31)32,28-23(33)34-16-17-8-2-1-3-9-17)15-20(30)19-14-18(35-29-19)10-4-6-12-26-21-11-5-7-13-27-21/h1-3,5,7-9,11,13,18H,4,6,10,12,14-16,25H2,(H,26,27)(H,28,33)(H,31,32)/t18?,24-/m0/s1. The number of rotatable bonds is 13. The zero-order chi connectivity index (χ0) is 25.1. The predicted octanol–water partition coefficient (Wildman–Crippen LogP) is 2.43. The molecule has 1 aromatic carbocycles. The van der Waals surface area contributed by atoms with Crippen LogP contribution in [-0.2, 0) is 25.8 Å². The Balaban J connectivity index is 1.40. The molecule has 1 amide bonds. The number of nitrogens with two attached hydrogens (primary N) is 1. The van der Waals surface area contributed by atoms with E-state index in [-0.39, 0.29) is 24.8 Å². The Bertz CT molecular complexity index is 1030. The number of nitrogens with zero attached hydrogens (tertiary/aromatic N) is 2. The first-order chi connectivity index (χ1) is 16.9. The Morgan fingerprint density at radius 1 is 1.14 bits per heavy atom. The molecule has 0 saturated carbocycles. The highest BCUT2D eigenvalue weighted by atomic mass is 16.6. The first-order valence-corrected chi connectivity index (χ1v) is 11.3. The number of nitrogens with one attached hydrogen (secondary N) is 2. The fraction of sp³-hybridized carbons (Fsp3) is 0.375. The van der Waals surface area contributed by atoms with Crippen molar-refractivity contribution in [3.05, 3.63) is 60.3 Å². The van der Waals surface area contributed by atoms with Crippen molar-refractivity contribution in [1.82, 2.24) is 10.3 Å². The molecule has 11 nitrogen and oxygen atoms in total. The highest BCUT2D eigenvalue weighted by Crippen LogP contribution is 2.19. The summed E-state index contributed by atoms with van der Waals surface area (Å²) in [6.07, 6.45) is 2.35. The third-order valence-corrected chi connectivity index (χ3v) is 5.34. The lowest BCUT2D eigenvalue weighted by Gasteiger charge is -2.24. The number of amides is 1. The Labute approximate surface area is 202 Å². The van der Waals surface area contributed by atoms with E-state index >= 15 is 0 Å². The van der Waals surface area contributed by atoms with Crippen LogP contribution in [0.5, 0.6) is 0 Å². The second-order valence-corrected chi connectivity index (χ2v) is 8.17. The van der Waals surface area contributed by atoms with Crippen molar-refractivity contribution in [2.45, 2.75) is 50.5 Å². The number of anilines is 1. The SMILES string of the molecule is N[C@@](CC(=O)C1=NOC(CCCCNc2ccccn2)C1)(NC(=O)OCc1ccccc1)C(=O)O. The Hall–Kier alpha value is -3.99. The van der Waals surface area contributed by atoms with Crippen molar-refractivity contribution >= 4 is 29.4 Å².